The Morgan fingerprint density at radius 2 is 1.94 bits per heavy atom. The predicted molar refractivity (Wildman–Crippen MR) is 82.5 cm³/mol. The van der Waals surface area contributed by atoms with Gasteiger partial charge in [-0.1, -0.05) is 12.2 Å². The minimum absolute atomic E-state index is 0.649. The molecule has 0 radical (unpaired) electrons. The smallest absolute Gasteiger partial charge is 0.129 e. The summed E-state index contributed by atoms with van der Waals surface area (Å²) in [5.74, 6) is 0. The molecule has 4 heteroatoms. The molecule has 18 heavy (non-hydrogen) atoms. The maximum atomic E-state index is 5.34. The molecule has 0 fully saturated rings. The molecular formula is C14H14N2S2. The molecule has 0 unspecified atom stereocenters. The molecule has 2 rings (SSSR count). The Bertz CT molecular complexity index is 550. The van der Waals surface area contributed by atoms with Crippen LogP contribution < -0.4 is 5.32 Å². The first-order valence-corrected chi connectivity index (χ1v) is 7.20. The molecule has 0 bridgehead atoms. The molecular weight excluding hydrogens is 260 g/mol. The lowest BCUT2D eigenvalue weighted by molar-refractivity contribution is 1.26. The van der Waals surface area contributed by atoms with Crippen LogP contribution in [0.15, 0.2) is 47.5 Å². The van der Waals surface area contributed by atoms with Crippen molar-refractivity contribution in [3.8, 4) is 0 Å². The van der Waals surface area contributed by atoms with E-state index in [1.165, 1.54) is 4.90 Å². The number of hydrogen-bond acceptors (Lipinski definition) is 3. The third kappa shape index (κ3) is 3.31. The summed E-state index contributed by atoms with van der Waals surface area (Å²) in [4.78, 5) is 6.15. The first-order chi connectivity index (χ1) is 8.69. The minimum atomic E-state index is 0.649. The molecule has 0 saturated heterocycles. The van der Waals surface area contributed by atoms with Crippen LogP contribution in [0.25, 0.3) is 0 Å². The van der Waals surface area contributed by atoms with Crippen molar-refractivity contribution in [2.45, 2.75) is 11.8 Å². The Hall–Kier alpha value is -1.39. The highest BCUT2D eigenvalue weighted by Crippen LogP contribution is 2.18. The fraction of sp³-hybridized carbons (Fsp3) is 0.143. The molecule has 1 N–H and O–H groups in total. The Labute approximate surface area is 117 Å². The number of aromatic nitrogens is 1. The molecule has 0 aliphatic heterocycles. The second-order valence-corrected chi connectivity index (χ2v) is 5.19. The molecule has 0 spiro atoms. The van der Waals surface area contributed by atoms with Gasteiger partial charge >= 0.3 is 0 Å². The van der Waals surface area contributed by atoms with Gasteiger partial charge in [0.15, 0.2) is 0 Å². The molecule has 0 saturated carbocycles. The van der Waals surface area contributed by atoms with E-state index in [0.717, 1.165) is 16.9 Å². The molecule has 1 aromatic heterocycles. The van der Waals surface area contributed by atoms with Crippen LogP contribution in [0.4, 0.5) is 5.69 Å². The maximum absolute atomic E-state index is 5.34. The van der Waals surface area contributed by atoms with E-state index in [1.54, 1.807) is 18.0 Å². The van der Waals surface area contributed by atoms with Gasteiger partial charge in [-0.15, -0.1) is 11.8 Å². The average molecular weight is 274 g/mol. The molecule has 1 heterocycles. The molecule has 0 amide bonds. The summed E-state index contributed by atoms with van der Waals surface area (Å²) < 4.78 is 0. The number of thiocarbonyl (C=S) groups is 1. The van der Waals surface area contributed by atoms with Gasteiger partial charge in [-0.3, -0.25) is 4.98 Å². The van der Waals surface area contributed by atoms with Crippen molar-refractivity contribution < 1.29 is 0 Å². The van der Waals surface area contributed by atoms with Crippen LogP contribution in [0.2, 0.25) is 0 Å². The van der Waals surface area contributed by atoms with Gasteiger partial charge < -0.3 is 5.32 Å². The van der Waals surface area contributed by atoms with Gasteiger partial charge in [0.25, 0.3) is 0 Å². The quantitative estimate of drug-likeness (QED) is 0.678. The van der Waals surface area contributed by atoms with Gasteiger partial charge in [-0.25, -0.2) is 0 Å². The first-order valence-electron chi connectivity index (χ1n) is 5.57. The monoisotopic (exact) mass is 274 g/mol. The summed E-state index contributed by atoms with van der Waals surface area (Å²) in [6.45, 7) is 2.03. The third-order valence-electron chi connectivity index (χ3n) is 2.50. The van der Waals surface area contributed by atoms with Gasteiger partial charge in [-0.2, -0.15) is 0 Å². The Balaban J connectivity index is 2.11. The number of hydrogen-bond donors (Lipinski definition) is 1. The number of benzene rings is 1. The highest BCUT2D eigenvalue weighted by Gasteiger charge is 2.03. The van der Waals surface area contributed by atoms with Gasteiger partial charge in [0, 0.05) is 16.8 Å². The van der Waals surface area contributed by atoms with E-state index >= 15 is 0 Å². The summed E-state index contributed by atoms with van der Waals surface area (Å²) in [5.41, 5.74) is 2.95. The van der Waals surface area contributed by atoms with Gasteiger partial charge in [-0.05, 0) is 55.1 Å². The molecule has 2 aromatic rings. The van der Waals surface area contributed by atoms with Crippen LogP contribution in [0, 0.1) is 6.92 Å². The SMILES string of the molecule is CSc1ccc(NC(=S)c2cc(C)ccn2)cc1. The van der Waals surface area contributed by atoms with Gasteiger partial charge in [0.1, 0.15) is 4.99 Å². The number of nitrogens with one attached hydrogen (secondary N) is 1. The average Bonchev–Trinajstić information content (AvgIpc) is 2.39. The fourth-order valence-electron chi connectivity index (χ4n) is 1.53. The zero-order chi connectivity index (χ0) is 13.0. The minimum Gasteiger partial charge on any atom is -0.345 e. The van der Waals surface area contributed by atoms with E-state index in [9.17, 15) is 0 Å². The molecule has 0 atom stereocenters. The topological polar surface area (TPSA) is 24.9 Å². The Morgan fingerprint density at radius 3 is 2.56 bits per heavy atom. The number of pyridine rings is 1. The first kappa shape index (κ1) is 13.1. The Morgan fingerprint density at radius 1 is 1.22 bits per heavy atom. The highest BCUT2D eigenvalue weighted by molar-refractivity contribution is 7.98. The fourth-order valence-corrected chi connectivity index (χ4v) is 2.17. The van der Waals surface area contributed by atoms with E-state index in [0.29, 0.717) is 4.99 Å². The normalized spacial score (nSPS) is 10.1. The number of aryl methyl sites for hydroxylation is 1. The molecule has 1 aromatic carbocycles. The van der Waals surface area contributed by atoms with Crippen LogP contribution in [0.5, 0.6) is 0 Å². The number of nitrogens with zero attached hydrogens (tertiary/aromatic N) is 1. The van der Waals surface area contributed by atoms with Crippen molar-refractivity contribution in [1.82, 2.24) is 4.98 Å². The van der Waals surface area contributed by atoms with Crippen molar-refractivity contribution in [1.29, 1.82) is 0 Å². The molecule has 0 aliphatic carbocycles. The number of thioether (sulfide) groups is 1. The summed E-state index contributed by atoms with van der Waals surface area (Å²) in [6, 6.07) is 12.1. The van der Waals surface area contributed by atoms with Crippen LogP contribution in [0.1, 0.15) is 11.3 Å². The van der Waals surface area contributed by atoms with Gasteiger partial charge in [0.05, 0.1) is 5.69 Å². The van der Waals surface area contributed by atoms with Crippen molar-refractivity contribution in [3.63, 3.8) is 0 Å². The second-order valence-electron chi connectivity index (χ2n) is 3.90. The van der Waals surface area contributed by atoms with Crippen molar-refractivity contribution in [2.24, 2.45) is 0 Å². The maximum Gasteiger partial charge on any atom is 0.129 e. The van der Waals surface area contributed by atoms with E-state index in [-0.39, 0.29) is 0 Å². The lowest BCUT2D eigenvalue weighted by atomic mass is 10.2. The van der Waals surface area contributed by atoms with Crippen molar-refractivity contribution in [2.75, 3.05) is 11.6 Å². The van der Waals surface area contributed by atoms with E-state index in [4.69, 9.17) is 12.2 Å². The molecule has 2 nitrogen and oxygen atoms in total. The number of anilines is 1. The summed E-state index contributed by atoms with van der Waals surface area (Å²) in [7, 11) is 0. The van der Waals surface area contributed by atoms with Crippen LogP contribution in [-0.2, 0) is 0 Å². The summed E-state index contributed by atoms with van der Waals surface area (Å²) in [5, 5.41) is 3.20. The van der Waals surface area contributed by atoms with Gasteiger partial charge in [0.2, 0.25) is 0 Å². The largest absolute Gasteiger partial charge is 0.345 e. The highest BCUT2D eigenvalue weighted by atomic mass is 32.2. The van der Waals surface area contributed by atoms with E-state index < -0.39 is 0 Å². The van der Waals surface area contributed by atoms with Crippen LogP contribution in [-0.4, -0.2) is 16.2 Å². The van der Waals surface area contributed by atoms with Crippen LogP contribution in [0.3, 0.4) is 0 Å². The molecule has 92 valence electrons. The standard InChI is InChI=1S/C14H14N2S2/c1-10-7-8-15-13(9-10)14(17)16-11-3-5-12(18-2)6-4-11/h3-9H,1-2H3,(H,16,17). The summed E-state index contributed by atoms with van der Waals surface area (Å²) >= 11 is 7.07. The van der Waals surface area contributed by atoms with Crippen molar-refractivity contribution >= 4 is 34.7 Å². The zero-order valence-corrected chi connectivity index (χ0v) is 11.9. The lowest BCUT2D eigenvalue weighted by Gasteiger charge is -2.08. The summed E-state index contributed by atoms with van der Waals surface area (Å²) in [6.07, 6.45) is 3.83. The predicted octanol–water partition coefficient (Wildman–Crippen LogP) is 3.90. The third-order valence-corrected chi connectivity index (χ3v) is 3.55. The lowest BCUT2D eigenvalue weighted by Crippen LogP contribution is -2.12. The van der Waals surface area contributed by atoms with Crippen LogP contribution >= 0.6 is 24.0 Å². The zero-order valence-electron chi connectivity index (χ0n) is 10.3. The molecule has 0 aliphatic rings. The second kappa shape index (κ2) is 5.98. The van der Waals surface area contributed by atoms with E-state index in [1.807, 2.05) is 31.2 Å². The van der Waals surface area contributed by atoms with Crippen molar-refractivity contribution in [3.05, 3.63) is 53.9 Å². The Kier molecular flexibility index (Phi) is 4.33. The van der Waals surface area contributed by atoms with E-state index in [2.05, 4.69) is 28.7 Å². The number of rotatable bonds is 3.